The van der Waals surface area contributed by atoms with E-state index in [0.717, 1.165) is 11.1 Å². The Morgan fingerprint density at radius 1 is 0.947 bits per heavy atom. The number of aromatic nitrogens is 1. The molecular formula is C15H18N3O+. The molecule has 0 spiro atoms. The standard InChI is InChI=1S/C15H18N3O/c1-18-9-7-12(8-10-18)14-13(15(19)17-16-14)11-5-3-2-4-6-11/h2-10,13-17,19H,1H3/q+1. The van der Waals surface area contributed by atoms with Crippen molar-refractivity contribution in [3.05, 3.63) is 66.0 Å². The zero-order valence-electron chi connectivity index (χ0n) is 10.8. The minimum absolute atomic E-state index is 0.00825. The molecule has 0 aliphatic carbocycles. The van der Waals surface area contributed by atoms with Crippen molar-refractivity contribution in [2.75, 3.05) is 0 Å². The number of hydrogen-bond acceptors (Lipinski definition) is 3. The molecule has 98 valence electrons. The van der Waals surface area contributed by atoms with Crippen LogP contribution >= 0.6 is 0 Å². The van der Waals surface area contributed by atoms with E-state index in [0.29, 0.717) is 0 Å². The van der Waals surface area contributed by atoms with Crippen LogP contribution in [0.25, 0.3) is 0 Å². The summed E-state index contributed by atoms with van der Waals surface area (Å²) in [6, 6.07) is 14.3. The Bertz CT molecular complexity index is 541. The summed E-state index contributed by atoms with van der Waals surface area (Å²) in [5, 5.41) is 10.1. The minimum atomic E-state index is -0.582. The first kappa shape index (κ1) is 12.3. The number of nitrogens with zero attached hydrogens (tertiary/aromatic N) is 1. The van der Waals surface area contributed by atoms with Crippen LogP contribution in [0.5, 0.6) is 0 Å². The fourth-order valence-corrected chi connectivity index (χ4v) is 2.60. The first-order valence-electron chi connectivity index (χ1n) is 6.45. The molecule has 4 nitrogen and oxygen atoms in total. The second kappa shape index (κ2) is 5.09. The highest BCUT2D eigenvalue weighted by atomic mass is 16.3. The zero-order valence-corrected chi connectivity index (χ0v) is 10.8. The Morgan fingerprint density at radius 2 is 1.63 bits per heavy atom. The van der Waals surface area contributed by atoms with Gasteiger partial charge in [-0.05, 0) is 11.1 Å². The van der Waals surface area contributed by atoms with Crippen molar-refractivity contribution in [3.8, 4) is 0 Å². The van der Waals surface area contributed by atoms with Crippen LogP contribution in [0.2, 0.25) is 0 Å². The molecule has 1 aliphatic rings. The topological polar surface area (TPSA) is 48.2 Å². The highest BCUT2D eigenvalue weighted by molar-refractivity contribution is 5.28. The number of pyridine rings is 1. The number of aryl methyl sites for hydroxylation is 1. The number of aliphatic hydroxyl groups excluding tert-OH is 1. The molecule has 0 bridgehead atoms. The van der Waals surface area contributed by atoms with E-state index in [1.165, 1.54) is 0 Å². The number of rotatable bonds is 2. The molecule has 3 atom stereocenters. The van der Waals surface area contributed by atoms with Gasteiger partial charge in [0, 0.05) is 18.1 Å². The highest BCUT2D eigenvalue weighted by Gasteiger charge is 2.36. The smallest absolute Gasteiger partial charge is 0.168 e. The van der Waals surface area contributed by atoms with Gasteiger partial charge in [0.2, 0.25) is 0 Å². The minimum Gasteiger partial charge on any atom is -0.377 e. The number of hydrazine groups is 1. The van der Waals surface area contributed by atoms with E-state index in [1.807, 2.05) is 42.2 Å². The third kappa shape index (κ3) is 2.38. The summed E-state index contributed by atoms with van der Waals surface area (Å²) in [4.78, 5) is 0. The van der Waals surface area contributed by atoms with Crippen molar-refractivity contribution in [2.24, 2.45) is 7.05 Å². The fourth-order valence-electron chi connectivity index (χ4n) is 2.60. The van der Waals surface area contributed by atoms with Gasteiger partial charge in [0.05, 0.1) is 6.04 Å². The van der Waals surface area contributed by atoms with Gasteiger partial charge in [-0.25, -0.2) is 15.4 Å². The molecule has 0 amide bonds. The first-order chi connectivity index (χ1) is 9.25. The van der Waals surface area contributed by atoms with Gasteiger partial charge in [0.1, 0.15) is 13.3 Å². The van der Waals surface area contributed by atoms with Gasteiger partial charge in [-0.15, -0.1) is 0 Å². The lowest BCUT2D eigenvalue weighted by molar-refractivity contribution is -0.671. The molecular weight excluding hydrogens is 238 g/mol. The molecule has 4 heteroatoms. The lowest BCUT2D eigenvalue weighted by atomic mass is 9.88. The molecule has 3 rings (SSSR count). The van der Waals surface area contributed by atoms with Crippen molar-refractivity contribution in [3.63, 3.8) is 0 Å². The van der Waals surface area contributed by atoms with E-state index in [-0.39, 0.29) is 12.0 Å². The maximum absolute atomic E-state index is 10.1. The molecule has 2 aromatic rings. The van der Waals surface area contributed by atoms with E-state index < -0.39 is 6.23 Å². The van der Waals surface area contributed by atoms with Crippen LogP contribution < -0.4 is 15.4 Å². The number of hydrogen-bond donors (Lipinski definition) is 3. The van der Waals surface area contributed by atoms with Gasteiger partial charge < -0.3 is 5.11 Å². The molecule has 1 aromatic heterocycles. The van der Waals surface area contributed by atoms with Crippen molar-refractivity contribution < 1.29 is 9.67 Å². The molecule has 1 aromatic carbocycles. The largest absolute Gasteiger partial charge is 0.377 e. The lowest BCUT2D eigenvalue weighted by Crippen LogP contribution is -2.31. The van der Waals surface area contributed by atoms with Crippen molar-refractivity contribution in [1.82, 2.24) is 10.9 Å². The fraction of sp³-hybridized carbons (Fsp3) is 0.267. The van der Waals surface area contributed by atoms with Crippen LogP contribution in [0.3, 0.4) is 0 Å². The van der Waals surface area contributed by atoms with Gasteiger partial charge in [0.25, 0.3) is 0 Å². The van der Waals surface area contributed by atoms with Crippen LogP contribution in [0.15, 0.2) is 54.9 Å². The highest BCUT2D eigenvalue weighted by Crippen LogP contribution is 2.35. The summed E-state index contributed by atoms with van der Waals surface area (Å²) in [5.74, 6) is 0.00825. The molecule has 19 heavy (non-hydrogen) atoms. The SMILES string of the molecule is C[n+]1ccc(C2NNC(O)C2c2ccccc2)cc1. The Balaban J connectivity index is 1.94. The Labute approximate surface area is 112 Å². The molecule has 0 saturated carbocycles. The quantitative estimate of drug-likeness (QED) is 0.695. The summed E-state index contributed by atoms with van der Waals surface area (Å²) < 4.78 is 2.00. The monoisotopic (exact) mass is 256 g/mol. The molecule has 3 N–H and O–H groups in total. The number of benzene rings is 1. The first-order valence-corrected chi connectivity index (χ1v) is 6.45. The Hall–Kier alpha value is -1.75. The Morgan fingerprint density at radius 3 is 2.32 bits per heavy atom. The maximum atomic E-state index is 10.1. The van der Waals surface area contributed by atoms with Crippen LogP contribution in [-0.4, -0.2) is 11.3 Å². The molecule has 2 heterocycles. The average molecular weight is 256 g/mol. The maximum Gasteiger partial charge on any atom is 0.168 e. The summed E-state index contributed by atoms with van der Waals surface area (Å²) in [6.07, 6.45) is 3.45. The summed E-state index contributed by atoms with van der Waals surface area (Å²) in [7, 11) is 1.99. The second-order valence-corrected chi connectivity index (χ2v) is 4.94. The third-order valence-corrected chi connectivity index (χ3v) is 3.63. The molecule has 3 unspecified atom stereocenters. The van der Waals surface area contributed by atoms with E-state index >= 15 is 0 Å². The molecule has 1 fully saturated rings. The van der Waals surface area contributed by atoms with Gasteiger partial charge in [-0.1, -0.05) is 30.3 Å². The third-order valence-electron chi connectivity index (χ3n) is 3.63. The van der Waals surface area contributed by atoms with E-state index in [9.17, 15) is 5.11 Å². The van der Waals surface area contributed by atoms with Crippen molar-refractivity contribution in [1.29, 1.82) is 0 Å². The summed E-state index contributed by atoms with van der Waals surface area (Å²) >= 11 is 0. The second-order valence-electron chi connectivity index (χ2n) is 4.94. The molecule has 1 saturated heterocycles. The molecule has 1 aliphatic heterocycles. The summed E-state index contributed by atoms with van der Waals surface area (Å²) in [5.41, 5.74) is 8.40. The van der Waals surface area contributed by atoms with Crippen LogP contribution in [0.4, 0.5) is 0 Å². The van der Waals surface area contributed by atoms with Crippen LogP contribution in [0, 0.1) is 0 Å². The van der Waals surface area contributed by atoms with Gasteiger partial charge in [-0.2, -0.15) is 0 Å². The van der Waals surface area contributed by atoms with Crippen molar-refractivity contribution >= 4 is 0 Å². The number of nitrogens with one attached hydrogen (secondary N) is 2. The lowest BCUT2D eigenvalue weighted by Gasteiger charge is -2.20. The van der Waals surface area contributed by atoms with E-state index in [4.69, 9.17) is 0 Å². The van der Waals surface area contributed by atoms with E-state index in [2.05, 4.69) is 35.1 Å². The van der Waals surface area contributed by atoms with Crippen molar-refractivity contribution in [2.45, 2.75) is 18.2 Å². The average Bonchev–Trinajstić information content (AvgIpc) is 2.82. The predicted octanol–water partition coefficient (Wildman–Crippen LogP) is 0.762. The summed E-state index contributed by atoms with van der Waals surface area (Å²) in [6.45, 7) is 0. The zero-order chi connectivity index (χ0) is 13.2. The Kier molecular flexibility index (Phi) is 3.29. The number of aliphatic hydroxyl groups is 1. The van der Waals surface area contributed by atoms with E-state index in [1.54, 1.807) is 0 Å². The van der Waals surface area contributed by atoms with Gasteiger partial charge >= 0.3 is 0 Å². The van der Waals surface area contributed by atoms with Crippen LogP contribution in [-0.2, 0) is 7.05 Å². The molecule has 0 radical (unpaired) electrons. The van der Waals surface area contributed by atoms with Gasteiger partial charge in [0.15, 0.2) is 12.4 Å². The predicted molar refractivity (Wildman–Crippen MR) is 71.8 cm³/mol. The van der Waals surface area contributed by atoms with Crippen LogP contribution in [0.1, 0.15) is 23.1 Å². The van der Waals surface area contributed by atoms with Gasteiger partial charge in [-0.3, -0.25) is 0 Å². The normalized spacial score (nSPS) is 26.5.